The number of carbonyl (C=O) groups excluding carboxylic acids is 2. The van der Waals surface area contributed by atoms with E-state index in [9.17, 15) is 9.59 Å². The number of amides is 2. The summed E-state index contributed by atoms with van der Waals surface area (Å²) in [4.78, 5) is 30.6. The monoisotopic (exact) mass is 441 g/mol. The van der Waals surface area contributed by atoms with E-state index in [1.807, 2.05) is 55.9 Å². The van der Waals surface area contributed by atoms with Crippen molar-refractivity contribution in [3.05, 3.63) is 47.8 Å². The van der Waals surface area contributed by atoms with Crippen LogP contribution in [-0.2, 0) is 18.4 Å². The van der Waals surface area contributed by atoms with Gasteiger partial charge in [0.1, 0.15) is 11.8 Å². The topological polar surface area (TPSA) is 79.7 Å². The SMILES string of the molecule is CCOc1ccccc1C(=O)NC(C(=O)N1CCCN(Cc2cnn(C)c2)CC1)C(C)C. The molecular formula is C24H35N5O3. The van der Waals surface area contributed by atoms with Gasteiger partial charge in [0, 0.05) is 51.5 Å². The number of para-hydroxylation sites is 1. The van der Waals surface area contributed by atoms with Crippen LogP contribution < -0.4 is 10.1 Å². The molecule has 1 aromatic carbocycles. The second-order valence-corrected chi connectivity index (χ2v) is 8.60. The van der Waals surface area contributed by atoms with Gasteiger partial charge in [-0.1, -0.05) is 26.0 Å². The normalized spacial score (nSPS) is 16.0. The van der Waals surface area contributed by atoms with Crippen molar-refractivity contribution in [2.45, 2.75) is 39.8 Å². The minimum atomic E-state index is -0.581. The third-order valence-electron chi connectivity index (χ3n) is 5.72. The number of nitrogens with one attached hydrogen (secondary N) is 1. The van der Waals surface area contributed by atoms with Crippen LogP contribution in [0.2, 0.25) is 0 Å². The summed E-state index contributed by atoms with van der Waals surface area (Å²) in [5.74, 6) is 0.198. The summed E-state index contributed by atoms with van der Waals surface area (Å²) in [6.07, 6.45) is 4.81. The van der Waals surface area contributed by atoms with Gasteiger partial charge in [-0.15, -0.1) is 0 Å². The first-order valence-electron chi connectivity index (χ1n) is 11.4. The van der Waals surface area contributed by atoms with Crippen molar-refractivity contribution in [3.8, 4) is 5.75 Å². The van der Waals surface area contributed by atoms with Gasteiger partial charge in [0.25, 0.3) is 5.91 Å². The largest absolute Gasteiger partial charge is 0.493 e. The fourth-order valence-electron chi connectivity index (χ4n) is 4.03. The van der Waals surface area contributed by atoms with Gasteiger partial charge < -0.3 is 15.0 Å². The van der Waals surface area contributed by atoms with Crippen molar-refractivity contribution < 1.29 is 14.3 Å². The van der Waals surface area contributed by atoms with Crippen molar-refractivity contribution in [2.75, 3.05) is 32.8 Å². The molecule has 1 aliphatic rings. The average Bonchev–Trinajstić information content (AvgIpc) is 3.03. The molecule has 32 heavy (non-hydrogen) atoms. The van der Waals surface area contributed by atoms with Crippen LogP contribution in [0.15, 0.2) is 36.7 Å². The second kappa shape index (κ2) is 11.1. The fraction of sp³-hybridized carbons (Fsp3) is 0.542. The lowest BCUT2D eigenvalue weighted by Crippen LogP contribution is -2.52. The molecule has 1 saturated heterocycles. The summed E-state index contributed by atoms with van der Waals surface area (Å²) < 4.78 is 7.40. The highest BCUT2D eigenvalue weighted by molar-refractivity contribution is 5.99. The molecule has 1 unspecified atom stereocenters. The first-order chi connectivity index (χ1) is 15.4. The van der Waals surface area contributed by atoms with E-state index in [4.69, 9.17) is 4.74 Å². The highest BCUT2D eigenvalue weighted by Crippen LogP contribution is 2.19. The van der Waals surface area contributed by atoms with Crippen molar-refractivity contribution in [3.63, 3.8) is 0 Å². The first-order valence-corrected chi connectivity index (χ1v) is 11.4. The lowest BCUT2D eigenvalue weighted by Gasteiger charge is -2.29. The molecule has 8 nitrogen and oxygen atoms in total. The predicted molar refractivity (Wildman–Crippen MR) is 123 cm³/mol. The number of hydrogen-bond donors (Lipinski definition) is 1. The average molecular weight is 442 g/mol. The molecule has 2 aromatic rings. The van der Waals surface area contributed by atoms with Crippen LogP contribution in [0.1, 0.15) is 43.1 Å². The van der Waals surface area contributed by atoms with Gasteiger partial charge in [-0.3, -0.25) is 19.2 Å². The Morgan fingerprint density at radius 1 is 1.16 bits per heavy atom. The van der Waals surface area contributed by atoms with Crippen molar-refractivity contribution >= 4 is 11.8 Å². The van der Waals surface area contributed by atoms with Crippen molar-refractivity contribution in [2.24, 2.45) is 13.0 Å². The molecule has 1 N–H and O–H groups in total. The van der Waals surface area contributed by atoms with E-state index < -0.39 is 6.04 Å². The Hall–Kier alpha value is -2.87. The molecule has 1 atom stereocenters. The molecule has 0 bridgehead atoms. The number of nitrogens with zero attached hydrogens (tertiary/aromatic N) is 4. The first kappa shape index (κ1) is 23.8. The minimum absolute atomic E-state index is 0.0227. The van der Waals surface area contributed by atoms with Crippen molar-refractivity contribution in [1.29, 1.82) is 0 Å². The Balaban J connectivity index is 1.64. The van der Waals surface area contributed by atoms with Gasteiger partial charge in [-0.05, 0) is 31.4 Å². The van der Waals surface area contributed by atoms with E-state index in [-0.39, 0.29) is 17.7 Å². The van der Waals surface area contributed by atoms with E-state index in [1.54, 1.807) is 18.2 Å². The van der Waals surface area contributed by atoms with Gasteiger partial charge in [-0.25, -0.2) is 0 Å². The number of benzene rings is 1. The maximum Gasteiger partial charge on any atom is 0.255 e. The van der Waals surface area contributed by atoms with Gasteiger partial charge in [-0.2, -0.15) is 5.10 Å². The smallest absolute Gasteiger partial charge is 0.255 e. The summed E-state index contributed by atoms with van der Waals surface area (Å²) in [5.41, 5.74) is 1.62. The van der Waals surface area contributed by atoms with Gasteiger partial charge >= 0.3 is 0 Å². The Bertz CT molecular complexity index is 911. The second-order valence-electron chi connectivity index (χ2n) is 8.60. The van der Waals surface area contributed by atoms with Gasteiger partial charge in [0.2, 0.25) is 5.91 Å². The van der Waals surface area contributed by atoms with Crippen LogP contribution >= 0.6 is 0 Å². The third-order valence-corrected chi connectivity index (χ3v) is 5.72. The Morgan fingerprint density at radius 3 is 2.62 bits per heavy atom. The molecular weight excluding hydrogens is 406 g/mol. The number of aromatic nitrogens is 2. The Morgan fingerprint density at radius 2 is 1.94 bits per heavy atom. The summed E-state index contributed by atoms with van der Waals surface area (Å²) in [5, 5.41) is 7.21. The Kier molecular flexibility index (Phi) is 8.27. The quantitative estimate of drug-likeness (QED) is 0.680. The molecule has 1 fully saturated rings. The van der Waals surface area contributed by atoms with E-state index >= 15 is 0 Å². The molecule has 0 aliphatic carbocycles. The zero-order valence-corrected chi connectivity index (χ0v) is 19.6. The molecule has 2 amide bonds. The van der Waals surface area contributed by atoms with Crippen molar-refractivity contribution in [1.82, 2.24) is 24.9 Å². The van der Waals surface area contributed by atoms with Crippen LogP contribution in [-0.4, -0.2) is 70.2 Å². The third kappa shape index (κ3) is 6.09. The van der Waals surface area contributed by atoms with E-state index in [2.05, 4.69) is 15.3 Å². The van der Waals surface area contributed by atoms with Crippen LogP contribution in [0.25, 0.3) is 0 Å². The molecule has 0 radical (unpaired) electrons. The molecule has 0 spiro atoms. The standard InChI is InChI=1S/C24H35N5O3/c1-5-32-21-10-7-6-9-20(21)23(30)26-22(18(2)3)24(31)29-12-8-11-28(13-14-29)17-19-15-25-27(4)16-19/h6-7,9-10,15-16,18,22H,5,8,11-14,17H2,1-4H3,(H,26,30). The molecule has 0 saturated carbocycles. The van der Waals surface area contributed by atoms with E-state index in [0.717, 1.165) is 26.1 Å². The molecule has 8 heteroatoms. The summed E-state index contributed by atoms with van der Waals surface area (Å²) in [6.45, 7) is 10.2. The zero-order chi connectivity index (χ0) is 23.1. The lowest BCUT2D eigenvalue weighted by molar-refractivity contribution is -0.134. The van der Waals surface area contributed by atoms with Crippen LogP contribution in [0, 0.1) is 5.92 Å². The number of ether oxygens (including phenoxy) is 1. The molecule has 3 rings (SSSR count). The highest BCUT2D eigenvalue weighted by Gasteiger charge is 2.30. The van der Waals surface area contributed by atoms with E-state index in [1.165, 1.54) is 5.56 Å². The van der Waals surface area contributed by atoms with E-state index in [0.29, 0.717) is 31.0 Å². The minimum Gasteiger partial charge on any atom is -0.493 e. The number of aryl methyl sites for hydroxylation is 1. The molecule has 1 aromatic heterocycles. The van der Waals surface area contributed by atoms with Crippen LogP contribution in [0.4, 0.5) is 0 Å². The summed E-state index contributed by atoms with van der Waals surface area (Å²) >= 11 is 0. The maximum atomic E-state index is 13.4. The van der Waals surface area contributed by atoms with Gasteiger partial charge in [0.15, 0.2) is 0 Å². The van der Waals surface area contributed by atoms with Crippen LogP contribution in [0.3, 0.4) is 0 Å². The Labute approximate surface area is 190 Å². The van der Waals surface area contributed by atoms with Crippen LogP contribution in [0.5, 0.6) is 5.75 Å². The van der Waals surface area contributed by atoms with Gasteiger partial charge in [0.05, 0.1) is 18.4 Å². The number of carbonyl (C=O) groups is 2. The summed E-state index contributed by atoms with van der Waals surface area (Å²) in [6, 6.07) is 6.55. The number of hydrogen-bond acceptors (Lipinski definition) is 5. The molecule has 2 heterocycles. The lowest BCUT2D eigenvalue weighted by atomic mass is 10.0. The maximum absolute atomic E-state index is 13.4. The summed E-state index contributed by atoms with van der Waals surface area (Å²) in [7, 11) is 1.92. The predicted octanol–water partition coefficient (Wildman–Crippen LogP) is 2.31. The molecule has 1 aliphatic heterocycles. The number of rotatable bonds is 8. The highest BCUT2D eigenvalue weighted by atomic mass is 16.5. The zero-order valence-electron chi connectivity index (χ0n) is 19.6. The molecule has 174 valence electrons. The fourth-order valence-corrected chi connectivity index (χ4v) is 4.03.